The Labute approximate surface area is 98.3 Å². The maximum atomic E-state index is 9.09. The van der Waals surface area contributed by atoms with Crippen LogP contribution in [0.15, 0.2) is 30.3 Å². The van der Waals surface area contributed by atoms with Crippen molar-refractivity contribution >= 4 is 0 Å². The molecule has 0 aliphatic heterocycles. The Morgan fingerprint density at radius 1 is 1.19 bits per heavy atom. The number of hydrogen-bond acceptors (Lipinski definition) is 2. The smallest absolute Gasteiger partial charge is 0.0716 e. The predicted octanol–water partition coefficient (Wildman–Crippen LogP) is 3.00. The molecule has 1 N–H and O–H groups in total. The van der Waals surface area contributed by atoms with Gasteiger partial charge in [-0.25, -0.2) is 0 Å². The van der Waals surface area contributed by atoms with Gasteiger partial charge in [0, 0.05) is 13.2 Å². The molecule has 0 saturated heterocycles. The van der Waals surface area contributed by atoms with E-state index in [0.29, 0.717) is 6.61 Å². The molecule has 1 aromatic carbocycles. The zero-order valence-corrected chi connectivity index (χ0v) is 10.3. The van der Waals surface area contributed by atoms with Crippen molar-refractivity contribution in [3.8, 4) is 0 Å². The van der Waals surface area contributed by atoms with Gasteiger partial charge < -0.3 is 9.84 Å². The molecule has 0 radical (unpaired) electrons. The van der Waals surface area contributed by atoms with Gasteiger partial charge in [-0.3, -0.25) is 0 Å². The predicted molar refractivity (Wildman–Crippen MR) is 66.2 cm³/mol. The van der Waals surface area contributed by atoms with Crippen LogP contribution in [-0.2, 0) is 11.3 Å². The fraction of sp³-hybridized carbons (Fsp3) is 0.571. The van der Waals surface area contributed by atoms with E-state index in [1.807, 2.05) is 18.2 Å². The summed E-state index contributed by atoms with van der Waals surface area (Å²) in [5, 5.41) is 9.09. The monoisotopic (exact) mass is 222 g/mol. The molecule has 0 aliphatic rings. The molecule has 0 aromatic heterocycles. The van der Waals surface area contributed by atoms with Crippen LogP contribution in [0.1, 0.15) is 32.3 Å². The second kappa shape index (κ2) is 6.66. The Kier molecular flexibility index (Phi) is 5.50. The van der Waals surface area contributed by atoms with Gasteiger partial charge in [-0.1, -0.05) is 44.2 Å². The molecule has 2 nitrogen and oxygen atoms in total. The molecule has 1 aromatic rings. The van der Waals surface area contributed by atoms with Gasteiger partial charge in [0.2, 0.25) is 0 Å². The van der Waals surface area contributed by atoms with Crippen LogP contribution in [0.3, 0.4) is 0 Å². The minimum absolute atomic E-state index is 0.0239. The van der Waals surface area contributed by atoms with Gasteiger partial charge >= 0.3 is 0 Å². The maximum absolute atomic E-state index is 9.09. The Morgan fingerprint density at radius 3 is 2.50 bits per heavy atom. The first kappa shape index (κ1) is 13.2. The quantitative estimate of drug-likeness (QED) is 0.719. The minimum Gasteiger partial charge on any atom is -0.396 e. The SMILES string of the molecule is CC(C)(CO)CCCOCc1ccccc1. The van der Waals surface area contributed by atoms with Gasteiger partial charge in [0.25, 0.3) is 0 Å². The van der Waals surface area contributed by atoms with Crippen molar-refractivity contribution in [3.63, 3.8) is 0 Å². The van der Waals surface area contributed by atoms with Crippen molar-refractivity contribution in [1.29, 1.82) is 0 Å². The third-order valence-electron chi connectivity index (χ3n) is 2.68. The van der Waals surface area contributed by atoms with E-state index in [1.54, 1.807) is 0 Å². The van der Waals surface area contributed by atoms with Crippen LogP contribution < -0.4 is 0 Å². The van der Waals surface area contributed by atoms with Gasteiger partial charge in [-0.15, -0.1) is 0 Å². The molecule has 0 bridgehead atoms. The van der Waals surface area contributed by atoms with E-state index in [-0.39, 0.29) is 12.0 Å². The zero-order chi connectivity index (χ0) is 11.9. The number of aliphatic hydroxyl groups is 1. The maximum Gasteiger partial charge on any atom is 0.0716 e. The van der Waals surface area contributed by atoms with Crippen LogP contribution in [0, 0.1) is 5.41 Å². The summed E-state index contributed by atoms with van der Waals surface area (Å²) in [5.74, 6) is 0. The minimum atomic E-state index is 0.0239. The highest BCUT2D eigenvalue weighted by atomic mass is 16.5. The molecule has 0 heterocycles. The summed E-state index contributed by atoms with van der Waals surface area (Å²) >= 11 is 0. The molecule has 0 unspecified atom stereocenters. The number of hydrogen-bond donors (Lipinski definition) is 1. The van der Waals surface area contributed by atoms with Crippen LogP contribution in [0.4, 0.5) is 0 Å². The summed E-state index contributed by atoms with van der Waals surface area (Å²) < 4.78 is 5.58. The van der Waals surface area contributed by atoms with Crippen molar-refractivity contribution in [3.05, 3.63) is 35.9 Å². The molecule has 0 atom stereocenters. The fourth-order valence-corrected chi connectivity index (χ4v) is 1.50. The Hall–Kier alpha value is -0.860. The Morgan fingerprint density at radius 2 is 1.88 bits per heavy atom. The van der Waals surface area contributed by atoms with E-state index in [9.17, 15) is 0 Å². The van der Waals surface area contributed by atoms with Crippen LogP contribution in [0.5, 0.6) is 0 Å². The normalized spacial score (nSPS) is 11.7. The summed E-state index contributed by atoms with van der Waals surface area (Å²) in [6.07, 6.45) is 2.00. The summed E-state index contributed by atoms with van der Waals surface area (Å²) in [6.45, 7) is 5.83. The number of ether oxygens (including phenoxy) is 1. The largest absolute Gasteiger partial charge is 0.396 e. The molecule has 0 spiro atoms. The van der Waals surface area contributed by atoms with E-state index in [1.165, 1.54) is 5.56 Å². The van der Waals surface area contributed by atoms with Crippen molar-refractivity contribution in [2.24, 2.45) is 5.41 Å². The van der Waals surface area contributed by atoms with Crippen LogP contribution >= 0.6 is 0 Å². The van der Waals surface area contributed by atoms with Crippen molar-refractivity contribution in [2.75, 3.05) is 13.2 Å². The van der Waals surface area contributed by atoms with Crippen molar-refractivity contribution in [1.82, 2.24) is 0 Å². The topological polar surface area (TPSA) is 29.5 Å². The average Bonchev–Trinajstić information content (AvgIpc) is 2.30. The third kappa shape index (κ3) is 5.29. The lowest BCUT2D eigenvalue weighted by molar-refractivity contribution is 0.0937. The van der Waals surface area contributed by atoms with E-state index in [0.717, 1.165) is 19.4 Å². The van der Waals surface area contributed by atoms with Gasteiger partial charge in [-0.05, 0) is 23.8 Å². The van der Waals surface area contributed by atoms with Gasteiger partial charge in [0.05, 0.1) is 6.61 Å². The van der Waals surface area contributed by atoms with Gasteiger partial charge in [-0.2, -0.15) is 0 Å². The molecule has 0 aliphatic carbocycles. The molecule has 2 heteroatoms. The molecule has 0 amide bonds. The number of rotatable bonds is 7. The molecular weight excluding hydrogens is 200 g/mol. The first-order chi connectivity index (χ1) is 7.64. The number of aliphatic hydroxyl groups excluding tert-OH is 1. The molecule has 1 rings (SSSR count). The van der Waals surface area contributed by atoms with Gasteiger partial charge in [0.15, 0.2) is 0 Å². The summed E-state index contributed by atoms with van der Waals surface area (Å²) in [5.41, 5.74) is 1.24. The van der Waals surface area contributed by atoms with Crippen molar-refractivity contribution in [2.45, 2.75) is 33.3 Å². The third-order valence-corrected chi connectivity index (χ3v) is 2.68. The summed E-state index contributed by atoms with van der Waals surface area (Å²) in [4.78, 5) is 0. The molecule has 0 fully saturated rings. The lowest BCUT2D eigenvalue weighted by Gasteiger charge is -2.20. The molecular formula is C14H22O2. The molecule has 16 heavy (non-hydrogen) atoms. The second-order valence-corrected chi connectivity index (χ2v) is 4.96. The Balaban J connectivity index is 2.09. The van der Waals surface area contributed by atoms with E-state index in [4.69, 9.17) is 9.84 Å². The zero-order valence-electron chi connectivity index (χ0n) is 10.3. The van der Waals surface area contributed by atoms with Crippen LogP contribution in [0.2, 0.25) is 0 Å². The van der Waals surface area contributed by atoms with Crippen LogP contribution in [0.25, 0.3) is 0 Å². The highest BCUT2D eigenvalue weighted by Crippen LogP contribution is 2.20. The highest BCUT2D eigenvalue weighted by molar-refractivity contribution is 5.13. The van der Waals surface area contributed by atoms with Gasteiger partial charge in [0.1, 0.15) is 0 Å². The number of benzene rings is 1. The first-order valence-corrected chi connectivity index (χ1v) is 5.86. The van der Waals surface area contributed by atoms with Crippen molar-refractivity contribution < 1.29 is 9.84 Å². The second-order valence-electron chi connectivity index (χ2n) is 4.96. The summed E-state index contributed by atoms with van der Waals surface area (Å²) in [6, 6.07) is 10.2. The molecule has 0 saturated carbocycles. The average molecular weight is 222 g/mol. The lowest BCUT2D eigenvalue weighted by Crippen LogP contribution is -2.17. The fourth-order valence-electron chi connectivity index (χ4n) is 1.50. The van der Waals surface area contributed by atoms with E-state index in [2.05, 4.69) is 26.0 Å². The summed E-state index contributed by atoms with van der Waals surface area (Å²) in [7, 11) is 0. The molecule has 90 valence electrons. The van der Waals surface area contributed by atoms with E-state index >= 15 is 0 Å². The van der Waals surface area contributed by atoms with Crippen LogP contribution in [-0.4, -0.2) is 18.3 Å². The lowest BCUT2D eigenvalue weighted by atomic mass is 9.89. The standard InChI is InChI=1S/C14H22O2/c1-14(2,12-15)9-6-10-16-11-13-7-4-3-5-8-13/h3-5,7-8,15H,6,9-12H2,1-2H3. The Bertz CT molecular complexity index is 280. The highest BCUT2D eigenvalue weighted by Gasteiger charge is 2.15. The first-order valence-electron chi connectivity index (χ1n) is 5.86. The van der Waals surface area contributed by atoms with E-state index < -0.39 is 0 Å².